The zero-order valence-electron chi connectivity index (χ0n) is 10.8. The van der Waals surface area contributed by atoms with Crippen molar-refractivity contribution in [2.45, 2.75) is 0 Å². The average Bonchev–Trinajstić information content (AvgIpc) is 2.79. The van der Waals surface area contributed by atoms with Crippen LogP contribution in [0.3, 0.4) is 0 Å². The lowest BCUT2D eigenvalue weighted by molar-refractivity contribution is -0.121. The van der Waals surface area contributed by atoms with Crippen LogP contribution in [0, 0.1) is 0 Å². The molecule has 6 nitrogen and oxygen atoms in total. The number of anilines is 1. The van der Waals surface area contributed by atoms with Crippen LogP contribution in [0.4, 0.5) is 5.82 Å². The smallest absolute Gasteiger partial charge is 0.303 e. The number of nitrogens with zero attached hydrogens (tertiary/aromatic N) is 3. The lowest BCUT2D eigenvalue weighted by atomic mass is 10.3. The van der Waals surface area contributed by atoms with Crippen molar-refractivity contribution in [1.82, 2.24) is 9.97 Å². The SMILES string of the molecule is O=C1C2=C(SCCO2)C(=O)N1c1ccc2cccnc2n1. The Kier molecular flexibility index (Phi) is 2.68. The van der Waals surface area contributed by atoms with E-state index in [-0.39, 0.29) is 17.5 Å². The van der Waals surface area contributed by atoms with E-state index in [1.54, 1.807) is 24.4 Å². The molecule has 2 amide bonds. The molecule has 4 rings (SSSR count). The van der Waals surface area contributed by atoms with Gasteiger partial charge in [-0.25, -0.2) is 14.9 Å². The molecule has 0 saturated carbocycles. The number of amides is 2. The van der Waals surface area contributed by atoms with Crippen LogP contribution in [-0.4, -0.2) is 34.1 Å². The molecule has 0 N–H and O–H groups in total. The Morgan fingerprint density at radius 3 is 2.95 bits per heavy atom. The summed E-state index contributed by atoms with van der Waals surface area (Å²) in [7, 11) is 0. The van der Waals surface area contributed by atoms with Crippen LogP contribution in [0.2, 0.25) is 0 Å². The monoisotopic (exact) mass is 299 g/mol. The highest BCUT2D eigenvalue weighted by Crippen LogP contribution is 2.36. The van der Waals surface area contributed by atoms with E-state index in [9.17, 15) is 9.59 Å². The maximum Gasteiger partial charge on any atom is 0.303 e. The lowest BCUT2D eigenvalue weighted by Crippen LogP contribution is -2.32. The van der Waals surface area contributed by atoms with Crippen molar-refractivity contribution in [3.63, 3.8) is 0 Å². The minimum Gasteiger partial charge on any atom is -0.486 e. The molecule has 0 aliphatic carbocycles. The molecule has 4 heterocycles. The Morgan fingerprint density at radius 2 is 2.10 bits per heavy atom. The first-order chi connectivity index (χ1) is 10.3. The Morgan fingerprint density at radius 1 is 1.19 bits per heavy atom. The van der Waals surface area contributed by atoms with E-state index in [0.29, 0.717) is 22.9 Å². The average molecular weight is 299 g/mol. The molecule has 0 radical (unpaired) electrons. The Labute approximate surface area is 123 Å². The van der Waals surface area contributed by atoms with Gasteiger partial charge in [-0.05, 0) is 24.3 Å². The third-order valence-electron chi connectivity index (χ3n) is 3.26. The highest BCUT2D eigenvalue weighted by molar-refractivity contribution is 8.04. The van der Waals surface area contributed by atoms with Gasteiger partial charge in [0.25, 0.3) is 5.91 Å². The van der Waals surface area contributed by atoms with Gasteiger partial charge in [0.15, 0.2) is 5.65 Å². The number of carbonyl (C=O) groups excluding carboxylic acids is 2. The van der Waals surface area contributed by atoms with Gasteiger partial charge in [-0.2, -0.15) is 0 Å². The summed E-state index contributed by atoms with van der Waals surface area (Å²) in [5, 5.41) is 0.851. The first-order valence-corrected chi connectivity index (χ1v) is 7.35. The van der Waals surface area contributed by atoms with Crippen molar-refractivity contribution < 1.29 is 14.3 Å². The van der Waals surface area contributed by atoms with Crippen molar-refractivity contribution in [2.75, 3.05) is 17.3 Å². The standard InChI is InChI=1S/C14H9N3O3S/c18-13-10-11(21-7-6-20-10)14(19)17(13)9-4-3-8-2-1-5-15-12(8)16-9/h1-5H,6-7H2. The summed E-state index contributed by atoms with van der Waals surface area (Å²) in [4.78, 5) is 34.6. The predicted octanol–water partition coefficient (Wildman–Crippen LogP) is 1.48. The number of rotatable bonds is 1. The molecule has 21 heavy (non-hydrogen) atoms. The molecule has 2 aromatic rings. The van der Waals surface area contributed by atoms with Gasteiger partial charge in [0.05, 0.1) is 6.61 Å². The Balaban J connectivity index is 1.79. The zero-order valence-corrected chi connectivity index (χ0v) is 11.6. The fourth-order valence-electron chi connectivity index (χ4n) is 2.31. The normalized spacial score (nSPS) is 18.2. The second-order valence-corrected chi connectivity index (χ2v) is 5.63. The van der Waals surface area contributed by atoms with E-state index in [1.165, 1.54) is 11.8 Å². The summed E-state index contributed by atoms with van der Waals surface area (Å²) in [6.45, 7) is 0.434. The zero-order chi connectivity index (χ0) is 14.4. The molecule has 0 unspecified atom stereocenters. The number of aromatic nitrogens is 2. The fourth-order valence-corrected chi connectivity index (χ4v) is 3.17. The summed E-state index contributed by atoms with van der Waals surface area (Å²) in [6.07, 6.45) is 1.62. The van der Waals surface area contributed by atoms with E-state index in [2.05, 4.69) is 9.97 Å². The predicted molar refractivity (Wildman–Crippen MR) is 77.5 cm³/mol. The maximum absolute atomic E-state index is 12.4. The number of pyridine rings is 2. The second-order valence-electron chi connectivity index (χ2n) is 4.52. The van der Waals surface area contributed by atoms with Crippen LogP contribution in [0.15, 0.2) is 41.1 Å². The summed E-state index contributed by atoms with van der Waals surface area (Å²) in [6, 6.07) is 7.11. The minimum absolute atomic E-state index is 0.138. The molecule has 0 atom stereocenters. The highest BCUT2D eigenvalue weighted by atomic mass is 32.2. The van der Waals surface area contributed by atoms with Crippen LogP contribution >= 0.6 is 11.8 Å². The molecule has 0 aromatic carbocycles. The molecule has 7 heteroatoms. The second kappa shape index (κ2) is 4.56. The summed E-state index contributed by atoms with van der Waals surface area (Å²) >= 11 is 1.35. The quantitative estimate of drug-likeness (QED) is 0.743. The van der Waals surface area contributed by atoms with Gasteiger partial charge in [0.1, 0.15) is 10.7 Å². The van der Waals surface area contributed by atoms with Gasteiger partial charge in [0.2, 0.25) is 5.76 Å². The van der Waals surface area contributed by atoms with Crippen molar-refractivity contribution >= 4 is 40.4 Å². The molecule has 0 fully saturated rings. The van der Waals surface area contributed by atoms with Crippen molar-refractivity contribution in [3.8, 4) is 0 Å². The molecule has 104 valence electrons. The molecule has 0 spiro atoms. The van der Waals surface area contributed by atoms with E-state index in [4.69, 9.17) is 4.74 Å². The molecule has 2 aromatic heterocycles. The number of hydrogen-bond acceptors (Lipinski definition) is 6. The third kappa shape index (κ3) is 1.81. The Hall–Kier alpha value is -2.41. The van der Waals surface area contributed by atoms with Gasteiger partial charge >= 0.3 is 5.91 Å². The van der Waals surface area contributed by atoms with Crippen LogP contribution < -0.4 is 4.90 Å². The third-order valence-corrected chi connectivity index (χ3v) is 4.27. The van der Waals surface area contributed by atoms with Crippen LogP contribution in [-0.2, 0) is 14.3 Å². The molecule has 2 aliphatic rings. The number of carbonyl (C=O) groups is 2. The van der Waals surface area contributed by atoms with Gasteiger partial charge < -0.3 is 4.74 Å². The van der Waals surface area contributed by atoms with Crippen LogP contribution in [0.25, 0.3) is 11.0 Å². The molecule has 0 bridgehead atoms. The van der Waals surface area contributed by atoms with Gasteiger partial charge in [0, 0.05) is 17.3 Å². The Bertz CT molecular complexity index is 790. The molecular weight excluding hydrogens is 290 g/mol. The first kappa shape index (κ1) is 12.3. The van der Waals surface area contributed by atoms with Crippen LogP contribution in [0.1, 0.15) is 0 Å². The minimum atomic E-state index is -0.454. The lowest BCUT2D eigenvalue weighted by Gasteiger charge is -2.13. The maximum atomic E-state index is 12.4. The number of ether oxygens (including phenoxy) is 1. The van der Waals surface area contributed by atoms with E-state index < -0.39 is 5.91 Å². The number of imide groups is 1. The van der Waals surface area contributed by atoms with E-state index in [1.807, 2.05) is 6.07 Å². The molecule has 0 saturated heterocycles. The highest BCUT2D eigenvalue weighted by Gasteiger charge is 2.43. The fraction of sp³-hybridized carbons (Fsp3) is 0.143. The van der Waals surface area contributed by atoms with Gasteiger partial charge in [-0.15, -0.1) is 11.8 Å². The largest absolute Gasteiger partial charge is 0.486 e. The summed E-state index contributed by atoms with van der Waals surface area (Å²) < 4.78 is 5.33. The number of thioether (sulfide) groups is 1. The summed E-state index contributed by atoms with van der Waals surface area (Å²) in [5.74, 6) is 0.250. The van der Waals surface area contributed by atoms with Crippen molar-refractivity contribution in [2.24, 2.45) is 0 Å². The number of hydrogen-bond donors (Lipinski definition) is 0. The van der Waals surface area contributed by atoms with E-state index >= 15 is 0 Å². The van der Waals surface area contributed by atoms with Crippen LogP contribution in [0.5, 0.6) is 0 Å². The summed E-state index contributed by atoms with van der Waals surface area (Å²) in [5.41, 5.74) is 0.494. The molecule has 2 aliphatic heterocycles. The topological polar surface area (TPSA) is 72.4 Å². The van der Waals surface area contributed by atoms with Crippen molar-refractivity contribution in [1.29, 1.82) is 0 Å². The van der Waals surface area contributed by atoms with Gasteiger partial charge in [-0.1, -0.05) is 0 Å². The van der Waals surface area contributed by atoms with Gasteiger partial charge in [-0.3, -0.25) is 9.59 Å². The van der Waals surface area contributed by atoms with E-state index in [0.717, 1.165) is 10.3 Å². The first-order valence-electron chi connectivity index (χ1n) is 6.36. The molecular formula is C14H9N3O3S. The van der Waals surface area contributed by atoms with Crippen molar-refractivity contribution in [3.05, 3.63) is 41.1 Å². The number of fused-ring (bicyclic) bond motifs is 1.